The molecule has 0 aliphatic carbocycles. The number of nitrogens with zero attached hydrogens (tertiary/aromatic N) is 1. The minimum atomic E-state index is 0.897. The predicted molar refractivity (Wildman–Crippen MR) is 184 cm³/mol. The SMILES string of the molecule is c1ccc(-c2cc(-c3ccc4oc5cccc(-c6ccccc6)c5c4c3)cc(-n3c4ccccc4c4ccccc43)c2)cc1. The minimum Gasteiger partial charge on any atom is -0.456 e. The van der Waals surface area contributed by atoms with Crippen LogP contribution in [0.15, 0.2) is 168 Å². The average Bonchev–Trinajstić information content (AvgIpc) is 3.64. The maximum Gasteiger partial charge on any atom is 0.136 e. The number of furan rings is 1. The summed E-state index contributed by atoms with van der Waals surface area (Å²) in [5.74, 6) is 0. The lowest BCUT2D eigenvalue weighted by Gasteiger charge is -2.14. The standard InChI is InChI=1S/C42H27NO/c1-3-12-28(13-4-1)31-24-32(26-33(25-31)43-38-19-9-7-16-35(38)36-17-8-10-20-39(36)43)30-22-23-40-37(27-30)42-34(18-11-21-41(42)44-40)29-14-5-2-6-15-29/h1-27H. The van der Waals surface area contributed by atoms with Crippen molar-refractivity contribution >= 4 is 43.7 Å². The van der Waals surface area contributed by atoms with Crippen molar-refractivity contribution in [2.45, 2.75) is 0 Å². The molecule has 44 heavy (non-hydrogen) atoms. The van der Waals surface area contributed by atoms with E-state index >= 15 is 0 Å². The van der Waals surface area contributed by atoms with Crippen LogP contribution in [-0.4, -0.2) is 4.57 Å². The highest BCUT2D eigenvalue weighted by atomic mass is 16.3. The lowest BCUT2D eigenvalue weighted by molar-refractivity contribution is 0.669. The second-order valence-electron chi connectivity index (χ2n) is 11.4. The molecule has 0 saturated heterocycles. The van der Waals surface area contributed by atoms with Crippen LogP contribution in [0.4, 0.5) is 0 Å². The number of rotatable bonds is 4. The van der Waals surface area contributed by atoms with Gasteiger partial charge in [-0.1, -0.05) is 115 Å². The Hall–Kier alpha value is -5.86. The second kappa shape index (κ2) is 9.86. The smallest absolute Gasteiger partial charge is 0.136 e. The zero-order chi connectivity index (χ0) is 29.0. The van der Waals surface area contributed by atoms with Crippen LogP contribution < -0.4 is 0 Å². The van der Waals surface area contributed by atoms with E-state index in [0.29, 0.717) is 0 Å². The Balaban J connectivity index is 1.32. The molecule has 0 spiro atoms. The molecule has 0 aliphatic rings. The Kier molecular flexibility index (Phi) is 5.54. The zero-order valence-electron chi connectivity index (χ0n) is 23.9. The molecule has 0 unspecified atom stereocenters. The van der Waals surface area contributed by atoms with Crippen molar-refractivity contribution in [1.82, 2.24) is 4.57 Å². The molecular weight excluding hydrogens is 534 g/mol. The molecular formula is C42H27NO. The summed E-state index contributed by atoms with van der Waals surface area (Å²) >= 11 is 0. The van der Waals surface area contributed by atoms with Crippen LogP contribution in [0.25, 0.3) is 82.8 Å². The summed E-state index contributed by atoms with van der Waals surface area (Å²) in [4.78, 5) is 0. The van der Waals surface area contributed by atoms with Crippen molar-refractivity contribution in [2.75, 3.05) is 0 Å². The van der Waals surface area contributed by atoms with Crippen molar-refractivity contribution in [3.8, 4) is 39.1 Å². The summed E-state index contributed by atoms with van der Waals surface area (Å²) in [6, 6.07) is 58.5. The Labute approximate surface area is 255 Å². The Morgan fingerprint density at radius 3 is 1.68 bits per heavy atom. The van der Waals surface area contributed by atoms with Gasteiger partial charge in [0.25, 0.3) is 0 Å². The van der Waals surface area contributed by atoms with Crippen LogP contribution in [0.5, 0.6) is 0 Å². The lowest BCUT2D eigenvalue weighted by Crippen LogP contribution is -1.96. The predicted octanol–water partition coefficient (Wildman–Crippen LogP) is 11.7. The first-order chi connectivity index (χ1) is 21.8. The molecule has 9 rings (SSSR count). The van der Waals surface area contributed by atoms with Crippen LogP contribution in [-0.2, 0) is 0 Å². The third-order valence-corrected chi connectivity index (χ3v) is 8.78. The summed E-state index contributed by atoms with van der Waals surface area (Å²) in [7, 11) is 0. The monoisotopic (exact) mass is 561 g/mol. The van der Waals surface area contributed by atoms with Crippen LogP contribution in [0.3, 0.4) is 0 Å². The molecule has 0 radical (unpaired) electrons. The number of fused-ring (bicyclic) bond motifs is 6. The van der Waals surface area contributed by atoms with Gasteiger partial charge in [-0.05, 0) is 81.9 Å². The first-order valence-corrected chi connectivity index (χ1v) is 15.0. The minimum absolute atomic E-state index is 0.897. The molecule has 0 amide bonds. The zero-order valence-corrected chi connectivity index (χ0v) is 23.9. The van der Waals surface area contributed by atoms with Crippen LogP contribution in [0, 0.1) is 0 Å². The van der Waals surface area contributed by atoms with Gasteiger partial charge in [-0.15, -0.1) is 0 Å². The van der Waals surface area contributed by atoms with Crippen LogP contribution in [0.2, 0.25) is 0 Å². The van der Waals surface area contributed by atoms with Gasteiger partial charge < -0.3 is 8.98 Å². The van der Waals surface area contributed by atoms with E-state index in [4.69, 9.17) is 4.42 Å². The van der Waals surface area contributed by atoms with Gasteiger partial charge in [0.05, 0.1) is 11.0 Å². The molecule has 0 atom stereocenters. The Morgan fingerprint density at radius 1 is 0.364 bits per heavy atom. The van der Waals surface area contributed by atoms with Crippen molar-refractivity contribution in [2.24, 2.45) is 0 Å². The highest BCUT2D eigenvalue weighted by Gasteiger charge is 2.16. The molecule has 0 saturated carbocycles. The van der Waals surface area contributed by atoms with Gasteiger partial charge in [0, 0.05) is 27.2 Å². The summed E-state index contributed by atoms with van der Waals surface area (Å²) in [5, 5.41) is 4.79. The van der Waals surface area contributed by atoms with Gasteiger partial charge in [0.2, 0.25) is 0 Å². The van der Waals surface area contributed by atoms with E-state index in [1.807, 2.05) is 0 Å². The lowest BCUT2D eigenvalue weighted by atomic mass is 9.95. The summed E-state index contributed by atoms with van der Waals surface area (Å²) in [6.45, 7) is 0. The van der Waals surface area contributed by atoms with E-state index in [2.05, 4.69) is 168 Å². The molecule has 0 aliphatic heterocycles. The maximum atomic E-state index is 6.37. The summed E-state index contributed by atoms with van der Waals surface area (Å²) < 4.78 is 8.78. The largest absolute Gasteiger partial charge is 0.456 e. The fourth-order valence-corrected chi connectivity index (χ4v) is 6.77. The van der Waals surface area contributed by atoms with Gasteiger partial charge in [-0.2, -0.15) is 0 Å². The van der Waals surface area contributed by atoms with Gasteiger partial charge in [-0.3, -0.25) is 0 Å². The first kappa shape index (κ1) is 24.7. The molecule has 2 heteroatoms. The van der Waals surface area contributed by atoms with Crippen molar-refractivity contribution in [3.05, 3.63) is 164 Å². The molecule has 2 heterocycles. The number of hydrogen-bond donors (Lipinski definition) is 0. The van der Waals surface area contributed by atoms with E-state index in [-0.39, 0.29) is 0 Å². The number of para-hydroxylation sites is 2. The molecule has 0 bridgehead atoms. The van der Waals surface area contributed by atoms with Crippen molar-refractivity contribution < 1.29 is 4.42 Å². The topological polar surface area (TPSA) is 18.1 Å². The molecule has 0 N–H and O–H groups in total. The Bertz CT molecular complexity index is 2430. The maximum absolute atomic E-state index is 6.37. The van der Waals surface area contributed by atoms with E-state index in [0.717, 1.165) is 38.8 Å². The van der Waals surface area contributed by atoms with E-state index in [1.165, 1.54) is 44.1 Å². The highest BCUT2D eigenvalue weighted by molar-refractivity contribution is 6.13. The summed E-state index contributed by atoms with van der Waals surface area (Å²) in [6.07, 6.45) is 0. The number of aromatic nitrogens is 1. The van der Waals surface area contributed by atoms with Crippen LogP contribution in [0.1, 0.15) is 0 Å². The molecule has 2 nitrogen and oxygen atoms in total. The van der Waals surface area contributed by atoms with E-state index in [1.54, 1.807) is 0 Å². The van der Waals surface area contributed by atoms with Gasteiger partial charge in [0.1, 0.15) is 11.2 Å². The fraction of sp³-hybridized carbons (Fsp3) is 0. The third-order valence-electron chi connectivity index (χ3n) is 8.78. The van der Waals surface area contributed by atoms with Gasteiger partial charge in [-0.25, -0.2) is 0 Å². The molecule has 0 fully saturated rings. The van der Waals surface area contributed by atoms with Crippen molar-refractivity contribution in [3.63, 3.8) is 0 Å². The van der Waals surface area contributed by atoms with E-state index < -0.39 is 0 Å². The third kappa shape index (κ3) is 3.89. The molecule has 7 aromatic carbocycles. The number of benzene rings is 7. The van der Waals surface area contributed by atoms with Crippen molar-refractivity contribution in [1.29, 1.82) is 0 Å². The van der Waals surface area contributed by atoms with E-state index in [9.17, 15) is 0 Å². The van der Waals surface area contributed by atoms with Gasteiger partial charge in [0.15, 0.2) is 0 Å². The van der Waals surface area contributed by atoms with Crippen LogP contribution >= 0.6 is 0 Å². The second-order valence-corrected chi connectivity index (χ2v) is 11.4. The molecule has 9 aromatic rings. The molecule has 206 valence electrons. The Morgan fingerprint density at radius 2 is 0.977 bits per heavy atom. The quantitative estimate of drug-likeness (QED) is 0.209. The number of hydrogen-bond acceptors (Lipinski definition) is 1. The average molecular weight is 562 g/mol. The normalized spacial score (nSPS) is 11.6. The summed E-state index contributed by atoms with van der Waals surface area (Å²) in [5.41, 5.74) is 12.4. The molecule has 2 aromatic heterocycles. The van der Waals surface area contributed by atoms with Gasteiger partial charge >= 0.3 is 0 Å². The fourth-order valence-electron chi connectivity index (χ4n) is 6.77. The highest BCUT2D eigenvalue weighted by Crippen LogP contribution is 2.40. The first-order valence-electron chi connectivity index (χ1n) is 15.0.